The first-order valence-corrected chi connectivity index (χ1v) is 10.6. The molecule has 0 unspecified atom stereocenters. The highest BCUT2D eigenvalue weighted by Gasteiger charge is 2.29. The smallest absolute Gasteiger partial charge is 0.256 e. The van der Waals surface area contributed by atoms with Gasteiger partial charge in [0.2, 0.25) is 10.0 Å². The number of nitrogens with zero attached hydrogens (tertiary/aromatic N) is 1. The van der Waals surface area contributed by atoms with Crippen molar-refractivity contribution in [2.24, 2.45) is 5.41 Å². The molecule has 1 amide bonds. The summed E-state index contributed by atoms with van der Waals surface area (Å²) in [5.41, 5.74) is -0.182. The summed E-state index contributed by atoms with van der Waals surface area (Å²) >= 11 is 0. The molecule has 2 N–H and O–H groups in total. The molecule has 27 heavy (non-hydrogen) atoms. The van der Waals surface area contributed by atoms with Gasteiger partial charge in [-0.05, 0) is 62.4 Å². The van der Waals surface area contributed by atoms with Gasteiger partial charge < -0.3 is 10.2 Å². The Hall–Kier alpha value is -1.22. The molecule has 1 aromatic rings. The molecule has 0 aromatic heterocycles. The number of likely N-dealkylation sites (tertiary alicyclic amines) is 1. The molecule has 1 aromatic carbocycles. The zero-order valence-corrected chi connectivity index (χ0v) is 17.1. The van der Waals surface area contributed by atoms with Crippen molar-refractivity contribution in [1.82, 2.24) is 14.9 Å². The molecule has 2 heterocycles. The molecule has 2 aliphatic rings. The molecular weight excluding hydrogens is 393 g/mol. The normalized spacial score (nSPS) is 19.6. The van der Waals surface area contributed by atoms with Gasteiger partial charge >= 0.3 is 0 Å². The van der Waals surface area contributed by atoms with Gasteiger partial charge in [-0.15, -0.1) is 12.4 Å². The Labute approximate surface area is 166 Å². The van der Waals surface area contributed by atoms with Crippen LogP contribution in [-0.4, -0.2) is 51.9 Å². The lowest BCUT2D eigenvalue weighted by atomic mass is 9.81. The second kappa shape index (κ2) is 8.86. The van der Waals surface area contributed by atoms with Gasteiger partial charge in [0.15, 0.2) is 0 Å². The van der Waals surface area contributed by atoms with Crippen LogP contribution < -0.4 is 10.0 Å². The van der Waals surface area contributed by atoms with Gasteiger partial charge in [0, 0.05) is 19.6 Å². The number of hydrogen-bond donors (Lipinski definition) is 2. The Kier molecular flexibility index (Phi) is 7.24. The average molecular weight is 420 g/mol. The number of sulfonamides is 1. The first kappa shape index (κ1) is 22.1. The fraction of sp³-hybridized carbons (Fsp3) is 0.611. The summed E-state index contributed by atoms with van der Waals surface area (Å²) < 4.78 is 42.0. The average Bonchev–Trinajstić information content (AvgIpc) is 3.15. The predicted octanol–water partition coefficient (Wildman–Crippen LogP) is 2.15. The highest BCUT2D eigenvalue weighted by molar-refractivity contribution is 7.89. The summed E-state index contributed by atoms with van der Waals surface area (Å²) in [5.74, 6) is -1.17. The van der Waals surface area contributed by atoms with Crippen LogP contribution in [0.4, 0.5) is 4.39 Å². The Morgan fingerprint density at radius 3 is 2.48 bits per heavy atom. The third-order valence-corrected chi connectivity index (χ3v) is 6.77. The van der Waals surface area contributed by atoms with Crippen LogP contribution in [-0.2, 0) is 10.0 Å². The Morgan fingerprint density at radius 1 is 1.26 bits per heavy atom. The van der Waals surface area contributed by atoms with Gasteiger partial charge in [0.1, 0.15) is 5.82 Å². The summed E-state index contributed by atoms with van der Waals surface area (Å²) in [6.45, 7) is 5.32. The fourth-order valence-corrected chi connectivity index (χ4v) is 4.70. The maximum Gasteiger partial charge on any atom is 0.256 e. The SMILES string of the molecule is CC1(CNS(=O)(=O)c2ccc(C(=O)N3CCCC3)c(F)c2)CCNCC1.Cl. The number of nitrogens with one attached hydrogen (secondary N) is 2. The van der Waals surface area contributed by atoms with Crippen LogP contribution in [0.3, 0.4) is 0 Å². The third-order valence-electron chi connectivity index (χ3n) is 5.37. The largest absolute Gasteiger partial charge is 0.339 e. The number of amides is 1. The van der Waals surface area contributed by atoms with Gasteiger partial charge in [0.05, 0.1) is 10.5 Å². The van der Waals surface area contributed by atoms with Gasteiger partial charge in [0.25, 0.3) is 5.91 Å². The second-order valence-corrected chi connectivity index (χ2v) is 9.29. The van der Waals surface area contributed by atoms with E-state index < -0.39 is 15.8 Å². The van der Waals surface area contributed by atoms with Crippen molar-refractivity contribution < 1.29 is 17.6 Å². The lowest BCUT2D eigenvalue weighted by molar-refractivity contribution is 0.0788. The number of carbonyl (C=O) groups excluding carboxylic acids is 1. The monoisotopic (exact) mass is 419 g/mol. The minimum absolute atomic E-state index is 0. The van der Waals surface area contributed by atoms with Crippen molar-refractivity contribution in [2.75, 3.05) is 32.7 Å². The molecule has 9 heteroatoms. The van der Waals surface area contributed by atoms with Crippen LogP contribution in [0.1, 0.15) is 43.0 Å². The van der Waals surface area contributed by atoms with Crippen molar-refractivity contribution in [3.8, 4) is 0 Å². The Balaban J connectivity index is 0.00000261. The van der Waals surface area contributed by atoms with E-state index in [1.54, 1.807) is 4.90 Å². The van der Waals surface area contributed by atoms with Crippen LogP contribution in [0.5, 0.6) is 0 Å². The predicted molar refractivity (Wildman–Crippen MR) is 104 cm³/mol. The minimum Gasteiger partial charge on any atom is -0.339 e. The van der Waals surface area contributed by atoms with Gasteiger partial charge in [-0.2, -0.15) is 0 Å². The molecule has 0 radical (unpaired) electrons. The molecule has 0 bridgehead atoms. The van der Waals surface area contributed by atoms with E-state index in [1.807, 2.05) is 0 Å². The van der Waals surface area contributed by atoms with E-state index in [2.05, 4.69) is 17.0 Å². The van der Waals surface area contributed by atoms with E-state index in [-0.39, 0.29) is 34.2 Å². The molecule has 0 aliphatic carbocycles. The highest BCUT2D eigenvalue weighted by Crippen LogP contribution is 2.27. The zero-order chi connectivity index (χ0) is 18.8. The Morgan fingerprint density at radius 2 is 1.89 bits per heavy atom. The van der Waals surface area contributed by atoms with E-state index in [1.165, 1.54) is 12.1 Å². The minimum atomic E-state index is -3.82. The van der Waals surface area contributed by atoms with Crippen molar-refractivity contribution in [2.45, 2.75) is 37.5 Å². The topological polar surface area (TPSA) is 78.5 Å². The van der Waals surface area contributed by atoms with Crippen LogP contribution in [0.25, 0.3) is 0 Å². The van der Waals surface area contributed by atoms with Crippen molar-refractivity contribution in [3.05, 3.63) is 29.6 Å². The zero-order valence-electron chi connectivity index (χ0n) is 15.5. The van der Waals surface area contributed by atoms with Crippen LogP contribution in [0.2, 0.25) is 0 Å². The van der Waals surface area contributed by atoms with Gasteiger partial charge in [-0.25, -0.2) is 17.5 Å². The maximum atomic E-state index is 14.4. The molecular formula is C18H27ClFN3O3S. The van der Waals surface area contributed by atoms with Gasteiger partial charge in [-0.1, -0.05) is 6.92 Å². The van der Waals surface area contributed by atoms with Crippen molar-refractivity contribution in [3.63, 3.8) is 0 Å². The molecule has 152 valence electrons. The number of benzene rings is 1. The summed E-state index contributed by atoms with van der Waals surface area (Å²) in [6.07, 6.45) is 3.59. The molecule has 3 rings (SSSR count). The third kappa shape index (κ3) is 5.19. The molecule has 6 nitrogen and oxygen atoms in total. The van der Waals surface area contributed by atoms with E-state index in [4.69, 9.17) is 0 Å². The summed E-state index contributed by atoms with van der Waals surface area (Å²) in [4.78, 5) is 13.8. The van der Waals surface area contributed by atoms with Crippen molar-refractivity contribution in [1.29, 1.82) is 0 Å². The maximum absolute atomic E-state index is 14.4. The molecule has 2 saturated heterocycles. The highest BCUT2D eigenvalue weighted by atomic mass is 35.5. The number of piperidine rings is 1. The molecule has 0 spiro atoms. The summed E-state index contributed by atoms with van der Waals surface area (Å²) in [7, 11) is -3.82. The lowest BCUT2D eigenvalue weighted by Gasteiger charge is -2.34. The number of hydrogen-bond acceptors (Lipinski definition) is 4. The second-order valence-electron chi connectivity index (χ2n) is 7.53. The molecule has 0 atom stereocenters. The Bertz CT molecular complexity index is 776. The van der Waals surface area contributed by atoms with Crippen molar-refractivity contribution >= 4 is 28.3 Å². The van der Waals surface area contributed by atoms with E-state index in [0.717, 1.165) is 44.8 Å². The standard InChI is InChI=1S/C18H26FN3O3S.ClH/c1-18(6-8-20-9-7-18)13-21-26(24,25)14-4-5-15(16(19)12-14)17(23)22-10-2-3-11-22;/h4-5,12,20-21H,2-3,6-11,13H2,1H3;1H. The molecule has 2 fully saturated rings. The van der Waals surface area contributed by atoms with Gasteiger partial charge in [-0.3, -0.25) is 4.79 Å². The quantitative estimate of drug-likeness (QED) is 0.766. The fourth-order valence-electron chi connectivity index (χ4n) is 3.49. The number of carbonyl (C=O) groups is 1. The van der Waals surface area contributed by atoms with E-state index >= 15 is 0 Å². The number of rotatable bonds is 5. The summed E-state index contributed by atoms with van der Waals surface area (Å²) in [6, 6.07) is 3.52. The van der Waals surface area contributed by atoms with E-state index in [9.17, 15) is 17.6 Å². The van der Waals surface area contributed by atoms with Crippen LogP contribution in [0, 0.1) is 11.2 Å². The van der Waals surface area contributed by atoms with Crippen LogP contribution in [0.15, 0.2) is 23.1 Å². The summed E-state index contributed by atoms with van der Waals surface area (Å²) in [5, 5.41) is 3.25. The first-order valence-electron chi connectivity index (χ1n) is 9.10. The van der Waals surface area contributed by atoms with E-state index in [0.29, 0.717) is 19.6 Å². The van der Waals surface area contributed by atoms with Crippen LogP contribution >= 0.6 is 12.4 Å². The lowest BCUT2D eigenvalue weighted by Crippen LogP contribution is -2.42. The molecule has 2 aliphatic heterocycles. The first-order chi connectivity index (χ1) is 12.3. The number of halogens is 2. The molecule has 0 saturated carbocycles.